The first-order valence-corrected chi connectivity index (χ1v) is 7.83. The molecule has 3 aromatic carbocycles. The molecule has 6 heteroatoms. The fraction of sp³-hybridized carbons (Fsp3) is 0. The summed E-state index contributed by atoms with van der Waals surface area (Å²) in [6.07, 6.45) is 0. The van der Waals surface area contributed by atoms with Gasteiger partial charge in [0.25, 0.3) is 0 Å². The van der Waals surface area contributed by atoms with Crippen molar-refractivity contribution >= 4 is 22.9 Å². The summed E-state index contributed by atoms with van der Waals surface area (Å²) in [7, 11) is 0. The number of carbonyl (C=O) groups is 2. The van der Waals surface area contributed by atoms with Crippen LogP contribution in [0.25, 0.3) is 11.1 Å². The van der Waals surface area contributed by atoms with Crippen LogP contribution in [0.1, 0.15) is 31.8 Å². The number of phenols is 2. The molecule has 128 valence electrons. The maximum atomic E-state index is 13.0. The quantitative estimate of drug-likeness (QED) is 0.310. The Hall–Kier alpha value is -3.80. The molecular formula is C20H14N2O4. The fourth-order valence-corrected chi connectivity index (χ4v) is 3.34. The van der Waals surface area contributed by atoms with Gasteiger partial charge in [-0.05, 0) is 23.8 Å². The molecule has 0 unspecified atom stereocenters. The zero-order chi connectivity index (χ0) is 18.6. The molecule has 3 aromatic rings. The van der Waals surface area contributed by atoms with Crippen molar-refractivity contribution in [2.24, 2.45) is 0 Å². The molecule has 0 heterocycles. The van der Waals surface area contributed by atoms with E-state index in [2.05, 4.69) is 0 Å². The molecule has 0 aromatic heterocycles. The summed E-state index contributed by atoms with van der Waals surface area (Å²) in [6.45, 7) is 0. The Morgan fingerprint density at radius 3 is 2.00 bits per heavy atom. The Morgan fingerprint density at radius 2 is 1.31 bits per heavy atom. The highest BCUT2D eigenvalue weighted by Gasteiger charge is 2.38. The smallest absolute Gasteiger partial charge is 0.200 e. The van der Waals surface area contributed by atoms with Gasteiger partial charge in [0.15, 0.2) is 0 Å². The van der Waals surface area contributed by atoms with E-state index in [4.69, 9.17) is 11.5 Å². The molecule has 0 atom stereocenters. The Labute approximate surface area is 148 Å². The van der Waals surface area contributed by atoms with E-state index in [1.54, 1.807) is 24.3 Å². The van der Waals surface area contributed by atoms with Gasteiger partial charge in [-0.2, -0.15) is 0 Å². The topological polar surface area (TPSA) is 127 Å². The van der Waals surface area contributed by atoms with Gasteiger partial charge in [-0.15, -0.1) is 0 Å². The van der Waals surface area contributed by atoms with Gasteiger partial charge in [0.05, 0.1) is 27.9 Å². The van der Waals surface area contributed by atoms with Crippen LogP contribution in [0.2, 0.25) is 0 Å². The van der Waals surface area contributed by atoms with Crippen molar-refractivity contribution < 1.29 is 19.8 Å². The largest absolute Gasteiger partial charge is 0.507 e. The van der Waals surface area contributed by atoms with Gasteiger partial charge in [-0.1, -0.05) is 30.3 Å². The number of fused-ring (bicyclic) bond motifs is 2. The first-order chi connectivity index (χ1) is 12.4. The minimum atomic E-state index is -0.648. The summed E-state index contributed by atoms with van der Waals surface area (Å²) >= 11 is 0. The van der Waals surface area contributed by atoms with Crippen molar-refractivity contribution in [2.75, 3.05) is 11.5 Å². The summed E-state index contributed by atoms with van der Waals surface area (Å²) in [6, 6.07) is 12.9. The number of ketones is 2. The maximum Gasteiger partial charge on any atom is 0.200 e. The first-order valence-electron chi connectivity index (χ1n) is 7.83. The van der Waals surface area contributed by atoms with E-state index in [1.165, 1.54) is 18.2 Å². The number of phenolic OH excluding ortho intramolecular Hbond substituents is 2. The molecule has 0 saturated heterocycles. The first kappa shape index (κ1) is 15.7. The number of hydrogen-bond acceptors (Lipinski definition) is 6. The number of benzene rings is 3. The number of rotatable bonds is 1. The van der Waals surface area contributed by atoms with Crippen molar-refractivity contribution in [1.82, 2.24) is 0 Å². The standard InChI is InChI=1S/C20H14N2O4/c21-11-6-7-12(23)15-14(11)19(25)16-13(24)8-10(9-4-2-1-3-5-9)18(22)17(16)20(15)26/h1-8,23-24H,21-22H2. The van der Waals surface area contributed by atoms with Gasteiger partial charge in [0, 0.05) is 11.3 Å². The molecule has 0 spiro atoms. The van der Waals surface area contributed by atoms with Crippen LogP contribution in [0, 0.1) is 0 Å². The molecule has 0 amide bonds. The van der Waals surface area contributed by atoms with Crippen molar-refractivity contribution in [1.29, 1.82) is 0 Å². The van der Waals surface area contributed by atoms with Gasteiger partial charge in [-0.25, -0.2) is 0 Å². The van der Waals surface area contributed by atoms with Gasteiger partial charge >= 0.3 is 0 Å². The van der Waals surface area contributed by atoms with Crippen LogP contribution in [0.5, 0.6) is 11.5 Å². The number of nitrogen functional groups attached to an aromatic ring is 2. The molecule has 6 nitrogen and oxygen atoms in total. The highest BCUT2D eigenvalue weighted by Crippen LogP contribution is 2.44. The second-order valence-electron chi connectivity index (χ2n) is 6.06. The van der Waals surface area contributed by atoms with Crippen LogP contribution < -0.4 is 11.5 Å². The molecule has 1 aliphatic rings. The monoisotopic (exact) mass is 346 g/mol. The van der Waals surface area contributed by atoms with E-state index in [0.717, 1.165) is 0 Å². The van der Waals surface area contributed by atoms with Crippen molar-refractivity contribution in [2.45, 2.75) is 0 Å². The van der Waals surface area contributed by atoms with E-state index in [1.807, 2.05) is 6.07 Å². The SMILES string of the molecule is Nc1ccc(O)c2c1C(=O)c1c(O)cc(-c3ccccc3)c(N)c1C2=O. The summed E-state index contributed by atoms with van der Waals surface area (Å²) in [5.74, 6) is -2.02. The summed E-state index contributed by atoms with van der Waals surface area (Å²) in [5.41, 5.74) is 12.6. The molecule has 0 saturated carbocycles. The third-order valence-electron chi connectivity index (χ3n) is 4.56. The number of anilines is 2. The predicted molar refractivity (Wildman–Crippen MR) is 97.3 cm³/mol. The van der Waals surface area contributed by atoms with Crippen molar-refractivity contribution in [3.05, 3.63) is 70.8 Å². The Bertz CT molecular complexity index is 1100. The van der Waals surface area contributed by atoms with Gasteiger partial charge in [0.1, 0.15) is 11.5 Å². The van der Waals surface area contributed by atoms with Crippen LogP contribution in [-0.4, -0.2) is 21.8 Å². The van der Waals surface area contributed by atoms with Gasteiger partial charge in [0.2, 0.25) is 11.6 Å². The molecule has 4 rings (SSSR count). The maximum absolute atomic E-state index is 13.0. The number of aromatic hydroxyl groups is 2. The minimum absolute atomic E-state index is 0.0481. The fourth-order valence-electron chi connectivity index (χ4n) is 3.34. The zero-order valence-electron chi connectivity index (χ0n) is 13.5. The lowest BCUT2D eigenvalue weighted by molar-refractivity contribution is 0.0975. The summed E-state index contributed by atoms with van der Waals surface area (Å²) < 4.78 is 0. The molecule has 26 heavy (non-hydrogen) atoms. The molecule has 0 bridgehead atoms. The number of nitrogens with two attached hydrogens (primary N) is 2. The van der Waals surface area contributed by atoms with E-state index < -0.39 is 11.6 Å². The molecule has 0 fully saturated rings. The van der Waals surface area contributed by atoms with Crippen LogP contribution in [-0.2, 0) is 0 Å². The van der Waals surface area contributed by atoms with E-state index >= 15 is 0 Å². The minimum Gasteiger partial charge on any atom is -0.507 e. The molecule has 6 N–H and O–H groups in total. The molecule has 0 radical (unpaired) electrons. The number of carbonyl (C=O) groups excluding carboxylic acids is 2. The Morgan fingerprint density at radius 1 is 0.692 bits per heavy atom. The van der Waals surface area contributed by atoms with E-state index in [-0.39, 0.29) is 45.1 Å². The lowest BCUT2D eigenvalue weighted by atomic mass is 9.80. The zero-order valence-corrected chi connectivity index (χ0v) is 13.5. The number of hydrogen-bond donors (Lipinski definition) is 4. The van der Waals surface area contributed by atoms with Crippen LogP contribution >= 0.6 is 0 Å². The molecular weight excluding hydrogens is 332 g/mol. The van der Waals surface area contributed by atoms with E-state index in [9.17, 15) is 19.8 Å². The van der Waals surface area contributed by atoms with Crippen molar-refractivity contribution in [3.8, 4) is 22.6 Å². The molecule has 1 aliphatic carbocycles. The second-order valence-corrected chi connectivity index (χ2v) is 6.06. The Kier molecular flexibility index (Phi) is 3.23. The predicted octanol–water partition coefficient (Wildman–Crippen LogP) is 2.70. The normalized spacial score (nSPS) is 12.6. The average Bonchev–Trinajstić information content (AvgIpc) is 2.63. The molecule has 0 aliphatic heterocycles. The average molecular weight is 346 g/mol. The van der Waals surface area contributed by atoms with Crippen LogP contribution in [0.3, 0.4) is 0 Å². The lowest BCUT2D eigenvalue weighted by Crippen LogP contribution is -2.24. The third-order valence-corrected chi connectivity index (χ3v) is 4.56. The summed E-state index contributed by atoms with van der Waals surface area (Å²) in [4.78, 5) is 25.9. The van der Waals surface area contributed by atoms with Crippen LogP contribution in [0.4, 0.5) is 11.4 Å². The highest BCUT2D eigenvalue weighted by atomic mass is 16.3. The van der Waals surface area contributed by atoms with Gasteiger partial charge < -0.3 is 21.7 Å². The second kappa shape index (κ2) is 5.35. The highest BCUT2D eigenvalue weighted by molar-refractivity contribution is 6.33. The van der Waals surface area contributed by atoms with E-state index in [0.29, 0.717) is 11.1 Å². The van der Waals surface area contributed by atoms with Gasteiger partial charge in [-0.3, -0.25) is 9.59 Å². The Balaban J connectivity index is 2.07. The van der Waals surface area contributed by atoms with Crippen LogP contribution in [0.15, 0.2) is 48.5 Å². The van der Waals surface area contributed by atoms with Crippen molar-refractivity contribution in [3.63, 3.8) is 0 Å². The lowest BCUT2D eigenvalue weighted by Gasteiger charge is -2.23. The third kappa shape index (κ3) is 1.99. The summed E-state index contributed by atoms with van der Waals surface area (Å²) in [5, 5.41) is 20.6.